The molecule has 5 heteroatoms. The van der Waals surface area contributed by atoms with Gasteiger partial charge in [-0.1, -0.05) is 0 Å². The summed E-state index contributed by atoms with van der Waals surface area (Å²) >= 11 is 0. The largest absolute Gasteiger partial charge is 0.382 e. The molecular formula is C11H22N2O3. The zero-order valence-electron chi connectivity index (χ0n) is 9.96. The van der Waals surface area contributed by atoms with Crippen molar-refractivity contribution in [2.24, 2.45) is 0 Å². The molecule has 94 valence electrons. The number of carbonyl (C=O) groups excluding carboxylic acids is 1. The van der Waals surface area contributed by atoms with E-state index >= 15 is 0 Å². The summed E-state index contributed by atoms with van der Waals surface area (Å²) in [4.78, 5) is 11.3. The van der Waals surface area contributed by atoms with Gasteiger partial charge in [-0.25, -0.2) is 0 Å². The smallest absolute Gasteiger partial charge is 0.221 e. The Hall–Kier alpha value is -0.650. The first-order valence-corrected chi connectivity index (χ1v) is 5.89. The molecule has 1 amide bonds. The fourth-order valence-electron chi connectivity index (χ4n) is 1.24. The van der Waals surface area contributed by atoms with Crippen molar-refractivity contribution in [3.63, 3.8) is 0 Å². The van der Waals surface area contributed by atoms with Crippen LogP contribution < -0.4 is 10.6 Å². The molecule has 1 rings (SSSR count). The van der Waals surface area contributed by atoms with Crippen LogP contribution in [0.4, 0.5) is 0 Å². The standard InChI is InChI=1S/C11H22N2O3/c1-15-8-9-16-7-6-12-5-4-11(14)13-10-2-3-10/h10,12H,2-9H2,1H3,(H,13,14). The maximum absolute atomic E-state index is 11.3. The quantitative estimate of drug-likeness (QED) is 0.515. The highest BCUT2D eigenvalue weighted by atomic mass is 16.5. The number of methoxy groups -OCH3 is 1. The lowest BCUT2D eigenvalue weighted by Gasteiger charge is -2.06. The van der Waals surface area contributed by atoms with Gasteiger partial charge in [0.15, 0.2) is 0 Å². The molecule has 16 heavy (non-hydrogen) atoms. The lowest BCUT2D eigenvalue weighted by Crippen LogP contribution is -2.30. The fourth-order valence-corrected chi connectivity index (χ4v) is 1.24. The van der Waals surface area contributed by atoms with Gasteiger partial charge < -0.3 is 20.1 Å². The van der Waals surface area contributed by atoms with Crippen LogP contribution in [0.1, 0.15) is 19.3 Å². The normalized spacial score (nSPS) is 15.1. The predicted octanol–water partition coefficient (Wildman–Crippen LogP) is -0.0923. The van der Waals surface area contributed by atoms with Gasteiger partial charge in [0.05, 0.1) is 19.8 Å². The molecule has 1 fully saturated rings. The molecule has 1 aliphatic rings. The van der Waals surface area contributed by atoms with E-state index in [1.807, 2.05) is 0 Å². The third-order valence-electron chi connectivity index (χ3n) is 2.33. The minimum absolute atomic E-state index is 0.148. The van der Waals surface area contributed by atoms with Crippen LogP contribution in [0.3, 0.4) is 0 Å². The Morgan fingerprint density at radius 3 is 2.75 bits per heavy atom. The molecule has 0 atom stereocenters. The summed E-state index contributed by atoms with van der Waals surface area (Å²) in [6.45, 7) is 3.41. The van der Waals surface area contributed by atoms with E-state index in [2.05, 4.69) is 10.6 Å². The number of rotatable bonds is 10. The fraction of sp³-hybridized carbons (Fsp3) is 0.909. The van der Waals surface area contributed by atoms with Gasteiger partial charge in [-0.3, -0.25) is 4.79 Å². The average molecular weight is 230 g/mol. The molecule has 1 aliphatic carbocycles. The third-order valence-corrected chi connectivity index (χ3v) is 2.33. The third kappa shape index (κ3) is 7.62. The van der Waals surface area contributed by atoms with Crippen LogP contribution in [0.2, 0.25) is 0 Å². The number of amides is 1. The minimum Gasteiger partial charge on any atom is -0.382 e. The summed E-state index contributed by atoms with van der Waals surface area (Å²) in [6, 6.07) is 0.463. The number of ether oxygens (including phenoxy) is 2. The van der Waals surface area contributed by atoms with Crippen molar-refractivity contribution < 1.29 is 14.3 Å². The second kappa shape index (κ2) is 8.50. The van der Waals surface area contributed by atoms with Crippen LogP contribution in [-0.2, 0) is 14.3 Å². The highest BCUT2D eigenvalue weighted by molar-refractivity contribution is 5.76. The van der Waals surface area contributed by atoms with Crippen molar-refractivity contribution >= 4 is 5.91 Å². The Kier molecular flexibility index (Phi) is 7.12. The second-order valence-electron chi connectivity index (χ2n) is 3.95. The van der Waals surface area contributed by atoms with E-state index in [1.54, 1.807) is 7.11 Å². The van der Waals surface area contributed by atoms with Gasteiger partial charge in [-0.15, -0.1) is 0 Å². The van der Waals surface area contributed by atoms with E-state index < -0.39 is 0 Å². The lowest BCUT2D eigenvalue weighted by molar-refractivity contribution is -0.121. The van der Waals surface area contributed by atoms with E-state index in [9.17, 15) is 4.79 Å². The molecule has 0 unspecified atom stereocenters. The highest BCUT2D eigenvalue weighted by Gasteiger charge is 2.22. The molecule has 2 N–H and O–H groups in total. The molecule has 0 bridgehead atoms. The van der Waals surface area contributed by atoms with Crippen LogP contribution >= 0.6 is 0 Å². The van der Waals surface area contributed by atoms with Gasteiger partial charge in [0.2, 0.25) is 5.91 Å². The summed E-state index contributed by atoms with van der Waals surface area (Å²) < 4.78 is 10.1. The maximum atomic E-state index is 11.3. The molecule has 1 saturated carbocycles. The van der Waals surface area contributed by atoms with Crippen molar-refractivity contribution in [2.45, 2.75) is 25.3 Å². The number of nitrogens with one attached hydrogen (secondary N) is 2. The number of carbonyl (C=O) groups is 1. The summed E-state index contributed by atoms with van der Waals surface area (Å²) in [5.74, 6) is 0.148. The molecule has 0 aliphatic heterocycles. The summed E-state index contributed by atoms with van der Waals surface area (Å²) in [6.07, 6.45) is 2.84. The molecule has 0 radical (unpaired) electrons. The van der Waals surface area contributed by atoms with Gasteiger partial charge in [-0.05, 0) is 12.8 Å². The van der Waals surface area contributed by atoms with Gasteiger partial charge in [0.1, 0.15) is 0 Å². The predicted molar refractivity (Wildman–Crippen MR) is 61.3 cm³/mol. The summed E-state index contributed by atoms with van der Waals surface area (Å²) in [5, 5.41) is 6.11. The molecular weight excluding hydrogens is 208 g/mol. The molecule has 0 spiro atoms. The topological polar surface area (TPSA) is 59.6 Å². The van der Waals surface area contributed by atoms with Crippen LogP contribution in [0, 0.1) is 0 Å². The Morgan fingerprint density at radius 1 is 1.25 bits per heavy atom. The first kappa shape index (κ1) is 13.4. The summed E-state index contributed by atoms with van der Waals surface area (Å²) in [7, 11) is 1.65. The van der Waals surface area contributed by atoms with Crippen LogP contribution in [-0.4, -0.2) is 52.0 Å². The van der Waals surface area contributed by atoms with Crippen molar-refractivity contribution in [2.75, 3.05) is 40.0 Å². The van der Waals surface area contributed by atoms with E-state index in [0.717, 1.165) is 19.4 Å². The minimum atomic E-state index is 0.148. The van der Waals surface area contributed by atoms with Crippen LogP contribution in [0.15, 0.2) is 0 Å². The number of hydrogen-bond acceptors (Lipinski definition) is 4. The number of hydrogen-bond donors (Lipinski definition) is 2. The Balaban J connectivity index is 1.75. The first-order chi connectivity index (χ1) is 7.83. The zero-order chi connectivity index (χ0) is 11.6. The molecule has 0 saturated heterocycles. The van der Waals surface area contributed by atoms with E-state index in [-0.39, 0.29) is 5.91 Å². The van der Waals surface area contributed by atoms with Gasteiger partial charge in [0.25, 0.3) is 0 Å². The molecule has 0 heterocycles. The average Bonchev–Trinajstić information content (AvgIpc) is 3.06. The Bertz CT molecular complexity index is 196. The van der Waals surface area contributed by atoms with Crippen molar-refractivity contribution in [1.82, 2.24) is 10.6 Å². The van der Waals surface area contributed by atoms with Crippen molar-refractivity contribution in [3.05, 3.63) is 0 Å². The monoisotopic (exact) mass is 230 g/mol. The highest BCUT2D eigenvalue weighted by Crippen LogP contribution is 2.18. The lowest BCUT2D eigenvalue weighted by atomic mass is 10.4. The van der Waals surface area contributed by atoms with E-state index in [1.165, 1.54) is 0 Å². The van der Waals surface area contributed by atoms with Crippen molar-refractivity contribution in [1.29, 1.82) is 0 Å². The molecule has 0 aromatic rings. The maximum Gasteiger partial charge on any atom is 0.221 e. The van der Waals surface area contributed by atoms with Gasteiger partial charge in [0, 0.05) is 32.7 Å². The van der Waals surface area contributed by atoms with Crippen LogP contribution in [0.25, 0.3) is 0 Å². The molecule has 5 nitrogen and oxygen atoms in total. The van der Waals surface area contributed by atoms with E-state index in [0.29, 0.717) is 38.8 Å². The first-order valence-electron chi connectivity index (χ1n) is 5.89. The van der Waals surface area contributed by atoms with Crippen LogP contribution in [0.5, 0.6) is 0 Å². The Labute approximate surface area is 96.9 Å². The van der Waals surface area contributed by atoms with Gasteiger partial charge >= 0.3 is 0 Å². The zero-order valence-corrected chi connectivity index (χ0v) is 9.96. The SMILES string of the molecule is COCCOCCNCCC(=O)NC1CC1. The molecule has 0 aromatic carbocycles. The molecule has 0 aromatic heterocycles. The van der Waals surface area contributed by atoms with Crippen molar-refractivity contribution in [3.8, 4) is 0 Å². The second-order valence-corrected chi connectivity index (χ2v) is 3.95. The van der Waals surface area contributed by atoms with Gasteiger partial charge in [-0.2, -0.15) is 0 Å². The van der Waals surface area contributed by atoms with E-state index in [4.69, 9.17) is 9.47 Å². The Morgan fingerprint density at radius 2 is 2.06 bits per heavy atom. The summed E-state index contributed by atoms with van der Waals surface area (Å²) in [5.41, 5.74) is 0.